The predicted molar refractivity (Wildman–Crippen MR) is 89.3 cm³/mol. The predicted octanol–water partition coefficient (Wildman–Crippen LogP) is 3.81. The molecule has 0 saturated heterocycles. The molecule has 6 heteroatoms. The van der Waals surface area contributed by atoms with Crippen LogP contribution in [0.4, 0.5) is 13.6 Å². The van der Waals surface area contributed by atoms with Gasteiger partial charge in [0.15, 0.2) is 0 Å². The van der Waals surface area contributed by atoms with E-state index in [4.69, 9.17) is 0 Å². The quantitative estimate of drug-likeness (QED) is 0.783. The van der Waals surface area contributed by atoms with Crippen molar-refractivity contribution >= 4 is 22.0 Å². The second-order valence-electron chi connectivity index (χ2n) is 5.01. The molecule has 0 aliphatic heterocycles. The highest BCUT2D eigenvalue weighted by atomic mass is 79.9. The molecule has 2 rings (SSSR count). The van der Waals surface area contributed by atoms with Gasteiger partial charge in [-0.25, -0.2) is 13.6 Å². The zero-order valence-corrected chi connectivity index (χ0v) is 14.0. The first-order valence-corrected chi connectivity index (χ1v) is 8.04. The Labute approximate surface area is 142 Å². The van der Waals surface area contributed by atoms with Gasteiger partial charge in [-0.05, 0) is 48.2 Å². The highest BCUT2D eigenvalue weighted by Gasteiger charge is 2.05. The summed E-state index contributed by atoms with van der Waals surface area (Å²) >= 11 is 3.28. The Bertz CT molecular complexity index is 679. The van der Waals surface area contributed by atoms with E-state index in [-0.39, 0.29) is 17.7 Å². The number of urea groups is 1. The Kier molecular flexibility index (Phi) is 6.52. The van der Waals surface area contributed by atoms with Gasteiger partial charge in [0.2, 0.25) is 0 Å². The monoisotopic (exact) mass is 382 g/mol. The summed E-state index contributed by atoms with van der Waals surface area (Å²) in [6, 6.07) is 10.8. The molecule has 2 N–H and O–H groups in total. The zero-order chi connectivity index (χ0) is 16.7. The normalized spacial score (nSPS) is 10.4. The van der Waals surface area contributed by atoms with Crippen LogP contribution >= 0.6 is 15.9 Å². The van der Waals surface area contributed by atoms with E-state index < -0.39 is 0 Å². The lowest BCUT2D eigenvalue weighted by atomic mass is 10.1. The van der Waals surface area contributed by atoms with Gasteiger partial charge >= 0.3 is 6.03 Å². The van der Waals surface area contributed by atoms with E-state index in [0.717, 1.165) is 4.47 Å². The molecular weight excluding hydrogens is 366 g/mol. The minimum Gasteiger partial charge on any atom is -0.338 e. The lowest BCUT2D eigenvalue weighted by Gasteiger charge is -2.09. The maximum Gasteiger partial charge on any atom is 0.314 e. The van der Waals surface area contributed by atoms with E-state index in [1.54, 1.807) is 30.3 Å². The van der Waals surface area contributed by atoms with E-state index in [1.807, 2.05) is 0 Å². The fourth-order valence-corrected chi connectivity index (χ4v) is 2.53. The first kappa shape index (κ1) is 17.4. The van der Waals surface area contributed by atoms with E-state index >= 15 is 0 Å². The van der Waals surface area contributed by atoms with Crippen molar-refractivity contribution in [3.05, 3.63) is 69.7 Å². The van der Waals surface area contributed by atoms with Crippen molar-refractivity contribution in [1.82, 2.24) is 10.6 Å². The van der Waals surface area contributed by atoms with Crippen LogP contribution in [0, 0.1) is 11.6 Å². The Morgan fingerprint density at radius 2 is 1.52 bits per heavy atom. The molecule has 0 unspecified atom stereocenters. The fourth-order valence-electron chi connectivity index (χ4n) is 2.12. The summed E-state index contributed by atoms with van der Waals surface area (Å²) < 4.78 is 27.7. The largest absolute Gasteiger partial charge is 0.338 e. The molecule has 0 radical (unpaired) electrons. The van der Waals surface area contributed by atoms with Crippen molar-refractivity contribution in [3.8, 4) is 0 Å². The SMILES string of the molecule is O=C(NCCc1ccccc1F)NCCc1cc(Br)ccc1F. The smallest absolute Gasteiger partial charge is 0.314 e. The molecular formula is C17H17BrF2N2O. The molecule has 2 aromatic carbocycles. The van der Waals surface area contributed by atoms with E-state index in [9.17, 15) is 13.6 Å². The number of carbonyl (C=O) groups excluding carboxylic acids is 1. The minimum absolute atomic E-state index is 0.278. The highest BCUT2D eigenvalue weighted by molar-refractivity contribution is 9.10. The van der Waals surface area contributed by atoms with Gasteiger partial charge in [-0.3, -0.25) is 0 Å². The summed E-state index contributed by atoms with van der Waals surface area (Å²) in [6.45, 7) is 0.650. The molecule has 122 valence electrons. The van der Waals surface area contributed by atoms with Gasteiger partial charge in [0.05, 0.1) is 0 Å². The van der Waals surface area contributed by atoms with Gasteiger partial charge in [-0.1, -0.05) is 34.1 Å². The van der Waals surface area contributed by atoms with E-state index in [1.165, 1.54) is 12.1 Å². The van der Waals surface area contributed by atoms with Gasteiger partial charge in [-0.15, -0.1) is 0 Å². The van der Waals surface area contributed by atoms with Crippen LogP contribution in [-0.4, -0.2) is 19.1 Å². The fraction of sp³-hybridized carbons (Fsp3) is 0.235. The molecule has 0 aliphatic carbocycles. The van der Waals surface area contributed by atoms with Crippen LogP contribution in [0.5, 0.6) is 0 Å². The third-order valence-corrected chi connectivity index (χ3v) is 3.82. The lowest BCUT2D eigenvalue weighted by molar-refractivity contribution is 0.241. The van der Waals surface area contributed by atoms with Crippen molar-refractivity contribution in [2.45, 2.75) is 12.8 Å². The van der Waals surface area contributed by atoms with E-state index in [2.05, 4.69) is 26.6 Å². The number of nitrogens with one attached hydrogen (secondary N) is 2. The van der Waals surface area contributed by atoms with E-state index in [0.29, 0.717) is 37.1 Å². The summed E-state index contributed by atoms with van der Waals surface area (Å²) in [5.41, 5.74) is 1.09. The first-order valence-electron chi connectivity index (χ1n) is 7.25. The molecule has 0 fully saturated rings. The molecule has 0 heterocycles. The number of hydrogen-bond acceptors (Lipinski definition) is 1. The van der Waals surface area contributed by atoms with Gasteiger partial charge in [-0.2, -0.15) is 0 Å². The van der Waals surface area contributed by atoms with Crippen molar-refractivity contribution in [2.75, 3.05) is 13.1 Å². The molecule has 3 nitrogen and oxygen atoms in total. The Hall–Kier alpha value is -1.95. The second-order valence-corrected chi connectivity index (χ2v) is 5.93. The molecule has 2 aromatic rings. The molecule has 0 saturated carbocycles. The van der Waals surface area contributed by atoms with Crippen LogP contribution in [0.25, 0.3) is 0 Å². The summed E-state index contributed by atoms with van der Waals surface area (Å²) in [5, 5.41) is 5.30. The standard InChI is InChI=1S/C17H17BrF2N2O/c18-14-5-6-16(20)13(11-14)8-10-22-17(23)21-9-7-12-3-1-2-4-15(12)19/h1-6,11H,7-10H2,(H2,21,22,23). The third-order valence-electron chi connectivity index (χ3n) is 3.33. The number of rotatable bonds is 6. The minimum atomic E-state index is -0.350. The third kappa shape index (κ3) is 5.63. The van der Waals surface area contributed by atoms with Crippen molar-refractivity contribution < 1.29 is 13.6 Å². The summed E-state index contributed by atoms with van der Waals surface area (Å²) in [5.74, 6) is -0.574. The van der Waals surface area contributed by atoms with Crippen LogP contribution in [0.15, 0.2) is 46.9 Å². The number of halogens is 3. The van der Waals surface area contributed by atoms with Gasteiger partial charge in [0.25, 0.3) is 0 Å². The van der Waals surface area contributed by atoms with Crippen molar-refractivity contribution in [2.24, 2.45) is 0 Å². The number of hydrogen-bond donors (Lipinski definition) is 2. The van der Waals surface area contributed by atoms with Crippen LogP contribution in [0.3, 0.4) is 0 Å². The maximum atomic E-state index is 13.5. The summed E-state index contributed by atoms with van der Waals surface area (Å²) in [6.07, 6.45) is 0.812. The van der Waals surface area contributed by atoms with Gasteiger partial charge < -0.3 is 10.6 Å². The van der Waals surface area contributed by atoms with Gasteiger partial charge in [0, 0.05) is 17.6 Å². The van der Waals surface area contributed by atoms with Crippen LogP contribution in [0.2, 0.25) is 0 Å². The molecule has 0 aliphatic rings. The van der Waals surface area contributed by atoms with Crippen LogP contribution in [0.1, 0.15) is 11.1 Å². The Balaban J connectivity index is 1.69. The number of amides is 2. The number of carbonyl (C=O) groups is 1. The average Bonchev–Trinajstić information content (AvgIpc) is 2.52. The maximum absolute atomic E-state index is 13.5. The molecule has 0 aromatic heterocycles. The average molecular weight is 383 g/mol. The van der Waals surface area contributed by atoms with Crippen LogP contribution < -0.4 is 10.6 Å². The summed E-state index contributed by atoms with van der Waals surface area (Å²) in [4.78, 5) is 11.6. The number of benzene rings is 2. The van der Waals surface area contributed by atoms with Gasteiger partial charge in [0.1, 0.15) is 11.6 Å². The molecule has 0 bridgehead atoms. The zero-order valence-electron chi connectivity index (χ0n) is 12.4. The summed E-state index contributed by atoms with van der Waals surface area (Å²) in [7, 11) is 0. The topological polar surface area (TPSA) is 41.1 Å². The first-order chi connectivity index (χ1) is 11.1. The molecule has 2 amide bonds. The molecule has 0 atom stereocenters. The Morgan fingerprint density at radius 1 is 0.913 bits per heavy atom. The molecule has 0 spiro atoms. The molecule has 23 heavy (non-hydrogen) atoms. The van der Waals surface area contributed by atoms with Crippen molar-refractivity contribution in [1.29, 1.82) is 0 Å². The second kappa shape index (κ2) is 8.62. The van der Waals surface area contributed by atoms with Crippen LogP contribution in [-0.2, 0) is 12.8 Å². The lowest BCUT2D eigenvalue weighted by Crippen LogP contribution is -2.37. The van der Waals surface area contributed by atoms with Crippen molar-refractivity contribution in [3.63, 3.8) is 0 Å². The Morgan fingerprint density at radius 3 is 2.22 bits per heavy atom. The highest BCUT2D eigenvalue weighted by Crippen LogP contribution is 2.15.